The number of hydrazine groups is 1. The van der Waals surface area contributed by atoms with E-state index in [0.29, 0.717) is 11.6 Å². The lowest BCUT2D eigenvalue weighted by molar-refractivity contribution is -0.707. The molecule has 1 fully saturated rings. The Morgan fingerprint density at radius 3 is 2.62 bits per heavy atom. The maximum atomic E-state index is 11.4. The molecule has 5 nitrogen and oxygen atoms in total. The Morgan fingerprint density at radius 2 is 1.94 bits per heavy atom. The fraction of sp³-hybridized carbons (Fsp3) is 0.455. The van der Waals surface area contributed by atoms with Crippen molar-refractivity contribution >= 4 is 0 Å². The first-order valence-corrected chi connectivity index (χ1v) is 5.45. The lowest BCUT2D eigenvalue weighted by atomic mass is 10.2. The molecule has 0 radical (unpaired) electrons. The molecule has 0 aromatic heterocycles. The highest BCUT2D eigenvalue weighted by Crippen LogP contribution is 2.08. The quantitative estimate of drug-likeness (QED) is 0.444. The van der Waals surface area contributed by atoms with Gasteiger partial charge in [-0.2, -0.15) is 0 Å². The van der Waals surface area contributed by atoms with Gasteiger partial charge >= 0.3 is 0 Å². The van der Waals surface area contributed by atoms with Gasteiger partial charge in [-0.15, -0.1) is 5.01 Å². The zero-order valence-electron chi connectivity index (χ0n) is 9.08. The lowest BCUT2D eigenvalue weighted by Crippen LogP contribution is -2.27. The third-order valence-electron chi connectivity index (χ3n) is 2.53. The van der Waals surface area contributed by atoms with Crippen LogP contribution in [0.25, 0.3) is 0 Å². The van der Waals surface area contributed by atoms with Crippen LogP contribution in [-0.4, -0.2) is 23.1 Å². The van der Waals surface area contributed by atoms with E-state index in [1.165, 1.54) is 0 Å². The first kappa shape index (κ1) is 10.7. The zero-order valence-corrected chi connectivity index (χ0v) is 9.08. The van der Waals surface area contributed by atoms with E-state index in [9.17, 15) is 5.21 Å². The number of hydrogen-bond donors (Lipinski definition) is 0. The Labute approximate surface area is 94.5 Å². The fourth-order valence-electron chi connectivity index (χ4n) is 1.65. The van der Waals surface area contributed by atoms with Gasteiger partial charge in [0.25, 0.3) is 0 Å². The molecule has 16 heavy (non-hydrogen) atoms. The number of rotatable bonds is 4. The van der Waals surface area contributed by atoms with Crippen LogP contribution in [0.5, 0.6) is 0 Å². The molecule has 2 rings (SSSR count). The van der Waals surface area contributed by atoms with Crippen LogP contribution in [0.4, 0.5) is 0 Å². The largest absolute Gasteiger partial charge is 0.569 e. The van der Waals surface area contributed by atoms with E-state index in [4.69, 9.17) is 4.84 Å². The monoisotopic (exact) mass is 221 g/mol. The second-order valence-corrected chi connectivity index (χ2v) is 3.75. The molecule has 1 saturated heterocycles. The van der Waals surface area contributed by atoms with Crippen molar-refractivity contribution in [3.8, 4) is 0 Å². The zero-order chi connectivity index (χ0) is 11.2. The maximum Gasteiger partial charge on any atom is 0.233 e. The summed E-state index contributed by atoms with van der Waals surface area (Å²) in [5.74, 6) is 0. The molecule has 0 bridgehead atoms. The summed E-state index contributed by atoms with van der Waals surface area (Å²) in [7, 11) is 0. The Morgan fingerprint density at radius 1 is 1.25 bits per heavy atom. The average Bonchev–Trinajstić information content (AvgIpc) is 2.84. The molecule has 1 aromatic carbocycles. The van der Waals surface area contributed by atoms with E-state index >= 15 is 0 Å². The van der Waals surface area contributed by atoms with E-state index in [1.807, 2.05) is 30.3 Å². The summed E-state index contributed by atoms with van der Waals surface area (Å²) < 4.78 is 0. The number of hydrogen-bond acceptors (Lipinski definition) is 3. The predicted octanol–water partition coefficient (Wildman–Crippen LogP) is 2.09. The van der Waals surface area contributed by atoms with Gasteiger partial charge in [-0.25, -0.2) is 0 Å². The molecule has 0 saturated carbocycles. The second-order valence-electron chi connectivity index (χ2n) is 3.75. The lowest BCUT2D eigenvalue weighted by Gasteiger charge is -2.09. The molecule has 1 aromatic rings. The van der Waals surface area contributed by atoms with E-state index in [1.54, 1.807) is 5.01 Å². The summed E-state index contributed by atoms with van der Waals surface area (Å²) >= 11 is 0. The van der Waals surface area contributed by atoms with Gasteiger partial charge in [-0.3, -0.25) is 0 Å². The molecule has 86 valence electrons. The molecule has 1 aliphatic rings. The van der Waals surface area contributed by atoms with Crippen LogP contribution >= 0.6 is 0 Å². The highest BCUT2D eigenvalue weighted by Gasteiger charge is 2.18. The van der Waals surface area contributed by atoms with Crippen LogP contribution in [0.2, 0.25) is 0 Å². The van der Waals surface area contributed by atoms with Crippen LogP contribution in [0, 0.1) is 5.21 Å². The van der Waals surface area contributed by atoms with E-state index < -0.39 is 0 Å². The van der Waals surface area contributed by atoms with Crippen molar-refractivity contribution in [3.05, 3.63) is 41.1 Å². The van der Waals surface area contributed by atoms with Gasteiger partial charge < -0.3 is 10.0 Å². The highest BCUT2D eigenvalue weighted by molar-refractivity contribution is 5.13. The standard InChI is InChI=1S/C11H15N3O2/c15-14(13-8-4-5-9-13)12-16-10-11-6-2-1-3-7-11/h1-3,6-7H,4-5,8-10H2/b14-12-. The first-order valence-electron chi connectivity index (χ1n) is 5.45. The Bertz CT molecular complexity index is 348. The van der Waals surface area contributed by atoms with Crippen molar-refractivity contribution in [2.45, 2.75) is 19.4 Å². The Hall–Kier alpha value is -1.78. The Kier molecular flexibility index (Phi) is 3.58. The predicted molar refractivity (Wildman–Crippen MR) is 58.1 cm³/mol. The fourth-order valence-corrected chi connectivity index (χ4v) is 1.65. The summed E-state index contributed by atoms with van der Waals surface area (Å²) in [5, 5.41) is 16.5. The summed E-state index contributed by atoms with van der Waals surface area (Å²) in [6, 6.07) is 9.65. The Balaban J connectivity index is 1.80. The van der Waals surface area contributed by atoms with Crippen molar-refractivity contribution in [3.63, 3.8) is 0 Å². The molecule has 0 atom stereocenters. The van der Waals surface area contributed by atoms with Crippen LogP contribution < -0.4 is 0 Å². The van der Waals surface area contributed by atoms with Gasteiger partial charge in [0, 0.05) is 0 Å². The number of nitrogens with zero attached hydrogens (tertiary/aromatic N) is 3. The van der Waals surface area contributed by atoms with Gasteiger partial charge in [-0.05, 0) is 18.4 Å². The average molecular weight is 221 g/mol. The molecule has 1 aliphatic heterocycles. The summed E-state index contributed by atoms with van der Waals surface area (Å²) in [6.07, 6.45) is 2.10. The second kappa shape index (κ2) is 5.34. The third-order valence-corrected chi connectivity index (χ3v) is 2.53. The van der Waals surface area contributed by atoms with Crippen molar-refractivity contribution in [1.82, 2.24) is 5.01 Å². The van der Waals surface area contributed by atoms with Crippen molar-refractivity contribution in [2.75, 3.05) is 13.1 Å². The normalized spacial score (nSPS) is 16.5. The number of benzene rings is 1. The van der Waals surface area contributed by atoms with E-state index in [0.717, 1.165) is 31.5 Å². The highest BCUT2D eigenvalue weighted by atomic mass is 16.7. The van der Waals surface area contributed by atoms with Crippen molar-refractivity contribution in [2.24, 2.45) is 5.28 Å². The van der Waals surface area contributed by atoms with Crippen LogP contribution in [0.1, 0.15) is 18.4 Å². The smallest absolute Gasteiger partial charge is 0.233 e. The molecule has 1 heterocycles. The SMILES string of the molecule is [O-]/[N+](=N\OCc1ccccc1)N1CCCC1. The molecular weight excluding hydrogens is 206 g/mol. The van der Waals surface area contributed by atoms with Crippen molar-refractivity contribution < 1.29 is 9.81 Å². The van der Waals surface area contributed by atoms with Gasteiger partial charge in [-0.1, -0.05) is 30.3 Å². The van der Waals surface area contributed by atoms with E-state index in [-0.39, 0.29) is 0 Å². The first-order chi connectivity index (χ1) is 7.86. The van der Waals surface area contributed by atoms with Gasteiger partial charge in [0.05, 0.1) is 18.1 Å². The summed E-state index contributed by atoms with van der Waals surface area (Å²) in [6.45, 7) is 1.86. The van der Waals surface area contributed by atoms with Crippen LogP contribution in [0.3, 0.4) is 0 Å². The van der Waals surface area contributed by atoms with Gasteiger partial charge in [0.15, 0.2) is 0 Å². The van der Waals surface area contributed by atoms with Crippen LogP contribution in [0.15, 0.2) is 35.6 Å². The minimum Gasteiger partial charge on any atom is -0.569 e. The summed E-state index contributed by atoms with van der Waals surface area (Å²) in [4.78, 5) is 5.54. The third kappa shape index (κ3) is 2.85. The molecule has 0 spiro atoms. The van der Waals surface area contributed by atoms with Gasteiger partial charge in [0.2, 0.25) is 5.28 Å². The molecule has 0 aliphatic carbocycles. The topological polar surface area (TPSA) is 50.9 Å². The minimum absolute atomic E-state index is 0.327. The molecular formula is C11H15N3O2. The molecule has 5 heteroatoms. The molecule has 0 amide bonds. The van der Waals surface area contributed by atoms with E-state index in [2.05, 4.69) is 5.28 Å². The minimum atomic E-state index is 0.327. The van der Waals surface area contributed by atoms with Gasteiger partial charge in [0.1, 0.15) is 6.61 Å². The molecule has 0 N–H and O–H groups in total. The van der Waals surface area contributed by atoms with Crippen molar-refractivity contribution in [1.29, 1.82) is 0 Å². The van der Waals surface area contributed by atoms with Crippen LogP contribution in [-0.2, 0) is 11.4 Å². The molecule has 0 unspecified atom stereocenters. The maximum absolute atomic E-state index is 11.4. The summed E-state index contributed by atoms with van der Waals surface area (Å²) in [5.41, 5.74) is 1.00.